The van der Waals surface area contributed by atoms with Crippen LogP contribution in [-0.4, -0.2) is 25.8 Å². The fourth-order valence-electron chi connectivity index (χ4n) is 0.557. The minimum absolute atomic E-state index is 0.244. The second kappa shape index (κ2) is 6.05. The van der Waals surface area contributed by atoms with Crippen LogP contribution >= 0.6 is 11.6 Å². The van der Waals surface area contributed by atoms with Crippen molar-refractivity contribution in [2.75, 3.05) is 6.54 Å². The van der Waals surface area contributed by atoms with Gasteiger partial charge in [0, 0.05) is 11.9 Å². The van der Waals surface area contributed by atoms with Gasteiger partial charge >= 0.3 is 0 Å². The van der Waals surface area contributed by atoms with Crippen LogP contribution in [0.5, 0.6) is 0 Å². The van der Waals surface area contributed by atoms with E-state index in [0.29, 0.717) is 12.4 Å². The molecule has 0 bridgehead atoms. The molecule has 0 aliphatic carbocycles. The van der Waals surface area contributed by atoms with Crippen molar-refractivity contribution < 1.29 is 0 Å². The molecule has 0 aromatic heterocycles. The molecule has 0 saturated heterocycles. The molecule has 58 valence electrons. The lowest BCUT2D eigenvalue weighted by molar-refractivity contribution is 0.570. The van der Waals surface area contributed by atoms with Gasteiger partial charge < -0.3 is 5.32 Å². The second-order valence-electron chi connectivity index (χ2n) is 2.55. The van der Waals surface area contributed by atoms with E-state index in [4.69, 9.17) is 19.4 Å². The Kier molecular flexibility index (Phi) is 6.24. The molecule has 0 heterocycles. The largest absolute Gasteiger partial charge is 0.314 e. The normalized spacial score (nSPS) is 16.7. The third-order valence-corrected chi connectivity index (χ3v) is 1.95. The van der Waals surface area contributed by atoms with Gasteiger partial charge in [-0.3, -0.25) is 0 Å². The molecule has 0 saturated carbocycles. The van der Waals surface area contributed by atoms with E-state index in [1.165, 1.54) is 0 Å². The van der Waals surface area contributed by atoms with Crippen LogP contribution in [0, 0.1) is 0 Å². The van der Waals surface area contributed by atoms with E-state index < -0.39 is 0 Å². The summed E-state index contributed by atoms with van der Waals surface area (Å²) in [5, 5.41) is 3.47. The Hall–Kier alpha value is 0.315. The Morgan fingerprint density at radius 3 is 2.60 bits per heavy atom. The quantitative estimate of drug-likeness (QED) is 0.474. The second-order valence-corrected chi connectivity index (χ2v) is 3.17. The van der Waals surface area contributed by atoms with Crippen LogP contribution in [0.25, 0.3) is 0 Å². The lowest BCUT2D eigenvalue weighted by Crippen LogP contribution is -2.30. The number of nitrogens with one attached hydrogen (secondary N) is 1. The third-order valence-electron chi connectivity index (χ3n) is 1.48. The first kappa shape index (κ1) is 10.3. The number of alkyl halides is 1. The SMILES string of the molecule is [B]CC(C)NCC(Cl)CC. The number of halogens is 1. The molecule has 0 fully saturated rings. The Morgan fingerprint density at radius 2 is 2.20 bits per heavy atom. The van der Waals surface area contributed by atoms with E-state index in [1.807, 2.05) is 0 Å². The summed E-state index contributed by atoms with van der Waals surface area (Å²) in [7, 11) is 5.39. The summed E-state index contributed by atoms with van der Waals surface area (Å²) in [6, 6.07) is 0.382. The molecule has 2 unspecified atom stereocenters. The van der Waals surface area contributed by atoms with E-state index in [9.17, 15) is 0 Å². The average Bonchev–Trinajstić information content (AvgIpc) is 1.99. The van der Waals surface area contributed by atoms with E-state index in [-0.39, 0.29) is 5.38 Å². The molecule has 1 N–H and O–H groups in total. The Balaban J connectivity index is 3.17. The molecule has 1 nitrogen and oxygen atoms in total. The van der Waals surface area contributed by atoms with Gasteiger partial charge in [-0.15, -0.1) is 11.6 Å². The van der Waals surface area contributed by atoms with Crippen LogP contribution in [0.1, 0.15) is 20.3 Å². The predicted molar refractivity (Wildman–Crippen MR) is 48.0 cm³/mol. The van der Waals surface area contributed by atoms with Gasteiger partial charge in [0.1, 0.15) is 0 Å². The van der Waals surface area contributed by atoms with Crippen molar-refractivity contribution in [1.82, 2.24) is 5.32 Å². The minimum Gasteiger partial charge on any atom is -0.314 e. The molecular formula is C7H15BClN. The molecule has 3 heteroatoms. The summed E-state index contributed by atoms with van der Waals surface area (Å²) < 4.78 is 0. The lowest BCUT2D eigenvalue weighted by Gasteiger charge is -2.13. The van der Waals surface area contributed by atoms with Crippen LogP contribution in [0.15, 0.2) is 0 Å². The van der Waals surface area contributed by atoms with Gasteiger partial charge in [0.25, 0.3) is 0 Å². The number of hydrogen-bond acceptors (Lipinski definition) is 1. The zero-order valence-corrected chi connectivity index (χ0v) is 7.49. The first-order valence-corrected chi connectivity index (χ1v) is 4.21. The summed E-state index contributed by atoms with van der Waals surface area (Å²) in [4.78, 5) is 0. The van der Waals surface area contributed by atoms with Gasteiger partial charge in [0.2, 0.25) is 0 Å². The molecule has 0 rings (SSSR count). The zero-order chi connectivity index (χ0) is 7.98. The first-order valence-electron chi connectivity index (χ1n) is 3.78. The van der Waals surface area contributed by atoms with Crippen molar-refractivity contribution in [2.24, 2.45) is 0 Å². The van der Waals surface area contributed by atoms with Crippen LogP contribution in [0.4, 0.5) is 0 Å². The van der Waals surface area contributed by atoms with Gasteiger partial charge in [0.15, 0.2) is 0 Å². The molecule has 2 radical (unpaired) electrons. The monoisotopic (exact) mass is 159 g/mol. The smallest absolute Gasteiger partial charge is 0.0673 e. The van der Waals surface area contributed by atoms with Crippen molar-refractivity contribution in [3.63, 3.8) is 0 Å². The summed E-state index contributed by atoms with van der Waals surface area (Å²) in [5.74, 6) is 0. The summed E-state index contributed by atoms with van der Waals surface area (Å²) in [6.07, 6.45) is 1.68. The molecule has 0 aliphatic heterocycles. The molecule has 0 spiro atoms. The minimum atomic E-state index is 0.244. The highest BCUT2D eigenvalue weighted by Crippen LogP contribution is 1.99. The Bertz CT molecular complexity index is 70.0. The number of hydrogen-bond donors (Lipinski definition) is 1. The maximum absolute atomic E-state index is 5.86. The van der Waals surface area contributed by atoms with Crippen molar-refractivity contribution in [3.8, 4) is 0 Å². The van der Waals surface area contributed by atoms with Gasteiger partial charge in [0.05, 0.1) is 7.85 Å². The van der Waals surface area contributed by atoms with E-state index in [1.54, 1.807) is 0 Å². The van der Waals surface area contributed by atoms with E-state index >= 15 is 0 Å². The fourth-order valence-corrected chi connectivity index (χ4v) is 0.646. The average molecular weight is 159 g/mol. The van der Waals surface area contributed by atoms with Gasteiger partial charge in [-0.1, -0.05) is 20.2 Å². The molecule has 0 aliphatic rings. The van der Waals surface area contributed by atoms with Gasteiger partial charge in [-0.05, 0) is 12.5 Å². The third kappa shape index (κ3) is 5.13. The van der Waals surface area contributed by atoms with E-state index in [0.717, 1.165) is 13.0 Å². The topological polar surface area (TPSA) is 12.0 Å². The van der Waals surface area contributed by atoms with Gasteiger partial charge in [-0.25, -0.2) is 0 Å². The maximum Gasteiger partial charge on any atom is 0.0673 e. The van der Waals surface area contributed by atoms with E-state index in [2.05, 4.69) is 19.2 Å². The summed E-state index contributed by atoms with van der Waals surface area (Å²) in [6.45, 7) is 4.99. The molecule has 0 aromatic carbocycles. The highest BCUT2D eigenvalue weighted by atomic mass is 35.5. The Morgan fingerprint density at radius 1 is 1.60 bits per heavy atom. The summed E-state index contributed by atoms with van der Waals surface area (Å²) >= 11 is 5.86. The van der Waals surface area contributed by atoms with Crippen molar-refractivity contribution >= 4 is 19.4 Å². The molecule has 0 aromatic rings. The highest BCUT2D eigenvalue weighted by molar-refractivity contribution is 6.20. The maximum atomic E-state index is 5.86. The zero-order valence-electron chi connectivity index (χ0n) is 6.73. The first-order chi connectivity index (χ1) is 4.70. The molecular weight excluding hydrogens is 144 g/mol. The van der Waals surface area contributed by atoms with Crippen molar-refractivity contribution in [1.29, 1.82) is 0 Å². The van der Waals surface area contributed by atoms with Crippen LogP contribution < -0.4 is 5.32 Å². The molecule has 10 heavy (non-hydrogen) atoms. The molecule has 0 amide bonds. The number of rotatable bonds is 5. The summed E-state index contributed by atoms with van der Waals surface area (Å²) in [5.41, 5.74) is 0. The van der Waals surface area contributed by atoms with Crippen LogP contribution in [-0.2, 0) is 0 Å². The standard InChI is InChI=1S/C7H15BClN/c1-3-7(9)5-10-6(2)4-8/h6-7,10H,3-5H2,1-2H3. The van der Waals surface area contributed by atoms with Crippen LogP contribution in [0.3, 0.4) is 0 Å². The van der Waals surface area contributed by atoms with Crippen molar-refractivity contribution in [2.45, 2.75) is 38.0 Å². The van der Waals surface area contributed by atoms with Crippen molar-refractivity contribution in [3.05, 3.63) is 0 Å². The molecule has 2 atom stereocenters. The lowest BCUT2D eigenvalue weighted by atomic mass is 9.99. The predicted octanol–water partition coefficient (Wildman–Crippen LogP) is 1.57. The van der Waals surface area contributed by atoms with Crippen LogP contribution in [0.2, 0.25) is 6.32 Å². The fraction of sp³-hybridized carbons (Fsp3) is 1.00. The highest BCUT2D eigenvalue weighted by Gasteiger charge is 2.02. The Labute approximate surface area is 69.9 Å². The van der Waals surface area contributed by atoms with Gasteiger partial charge in [-0.2, -0.15) is 0 Å².